The zero-order chi connectivity index (χ0) is 20.1. The van der Waals surface area contributed by atoms with Crippen LogP contribution in [0.3, 0.4) is 0 Å². The third-order valence-electron chi connectivity index (χ3n) is 4.92. The molecule has 0 unspecified atom stereocenters. The maximum atomic E-state index is 14.2. The third-order valence-corrected chi connectivity index (χ3v) is 6.26. The Hall–Kier alpha value is -2.65. The number of carbonyl (C=O) groups is 1. The number of rotatable bonds is 3. The van der Waals surface area contributed by atoms with Crippen molar-refractivity contribution >= 4 is 36.7 Å². The van der Waals surface area contributed by atoms with Crippen LogP contribution < -0.4 is 0 Å². The minimum absolute atomic E-state index is 0.281. The topological polar surface area (TPSA) is 92.5 Å². The molecule has 0 fully saturated rings. The highest BCUT2D eigenvalue weighted by molar-refractivity contribution is 8.13. The third kappa shape index (κ3) is 3.31. The van der Waals surface area contributed by atoms with E-state index in [1.54, 1.807) is 4.68 Å². The summed E-state index contributed by atoms with van der Waals surface area (Å²) < 4.78 is 38.8. The highest BCUT2D eigenvalue weighted by Crippen LogP contribution is 2.27. The van der Waals surface area contributed by atoms with Crippen LogP contribution in [0.2, 0.25) is 0 Å². The lowest BCUT2D eigenvalue weighted by atomic mass is 9.95. The molecule has 28 heavy (non-hydrogen) atoms. The fourth-order valence-corrected chi connectivity index (χ4v) is 4.43. The van der Waals surface area contributed by atoms with Crippen LogP contribution in [0.1, 0.15) is 16.7 Å². The minimum atomic E-state index is -4.20. The van der Waals surface area contributed by atoms with Crippen LogP contribution in [0.4, 0.5) is 9.18 Å². The van der Waals surface area contributed by atoms with Gasteiger partial charge in [0.05, 0.1) is 18.3 Å². The second-order valence-corrected chi connectivity index (χ2v) is 9.12. The molecule has 2 heterocycles. The number of amides is 1. The van der Waals surface area contributed by atoms with Gasteiger partial charge in [-0.15, -0.1) is 0 Å². The molecule has 0 aliphatic carbocycles. The van der Waals surface area contributed by atoms with Crippen molar-refractivity contribution in [1.29, 1.82) is 0 Å². The molecule has 1 aliphatic rings. The van der Waals surface area contributed by atoms with Gasteiger partial charge in [0, 0.05) is 35.2 Å². The molecule has 3 aromatic rings. The summed E-state index contributed by atoms with van der Waals surface area (Å²) in [5.41, 5.74) is 3.29. The molecule has 1 amide bonds. The second kappa shape index (κ2) is 6.75. The Balaban J connectivity index is 1.74. The molecule has 146 valence electrons. The van der Waals surface area contributed by atoms with E-state index >= 15 is 0 Å². The Morgan fingerprint density at radius 2 is 2.11 bits per heavy atom. The van der Waals surface area contributed by atoms with Gasteiger partial charge in [0.1, 0.15) is 10.7 Å². The van der Waals surface area contributed by atoms with Gasteiger partial charge in [-0.1, -0.05) is 18.2 Å². The molecule has 1 aliphatic heterocycles. The molecular formula is C18H15ClFN3O4S. The molecule has 4 rings (SSSR count). The van der Waals surface area contributed by atoms with E-state index in [0.717, 1.165) is 28.8 Å². The molecular weight excluding hydrogens is 409 g/mol. The Bertz CT molecular complexity index is 1210. The van der Waals surface area contributed by atoms with Crippen molar-refractivity contribution in [2.45, 2.75) is 24.4 Å². The van der Waals surface area contributed by atoms with Gasteiger partial charge in [-0.05, 0) is 29.2 Å². The summed E-state index contributed by atoms with van der Waals surface area (Å²) >= 11 is 0. The molecule has 0 saturated heterocycles. The largest absolute Gasteiger partial charge is 0.465 e. The smallest absolute Gasteiger partial charge is 0.407 e. The van der Waals surface area contributed by atoms with Crippen molar-refractivity contribution in [3.8, 4) is 0 Å². The van der Waals surface area contributed by atoms with Crippen molar-refractivity contribution in [2.75, 3.05) is 6.54 Å². The van der Waals surface area contributed by atoms with Crippen molar-refractivity contribution in [2.24, 2.45) is 0 Å². The van der Waals surface area contributed by atoms with Crippen molar-refractivity contribution in [3.05, 3.63) is 59.0 Å². The number of carboxylic acid groups (broad SMARTS) is 1. The first-order chi connectivity index (χ1) is 13.2. The zero-order valence-corrected chi connectivity index (χ0v) is 16.0. The van der Waals surface area contributed by atoms with Crippen LogP contribution in [0, 0.1) is 5.82 Å². The van der Waals surface area contributed by atoms with Gasteiger partial charge in [0.25, 0.3) is 9.05 Å². The number of hydrogen-bond donors (Lipinski definition) is 1. The van der Waals surface area contributed by atoms with Crippen LogP contribution in [-0.2, 0) is 28.6 Å². The van der Waals surface area contributed by atoms with Crippen molar-refractivity contribution < 1.29 is 22.7 Å². The van der Waals surface area contributed by atoms with Crippen LogP contribution in [0.25, 0.3) is 10.9 Å². The van der Waals surface area contributed by atoms with Crippen molar-refractivity contribution in [3.63, 3.8) is 0 Å². The van der Waals surface area contributed by atoms with Crippen LogP contribution in [0.15, 0.2) is 41.4 Å². The maximum absolute atomic E-state index is 14.2. The molecule has 7 nitrogen and oxygen atoms in total. The number of benzene rings is 2. The molecule has 0 atom stereocenters. The molecule has 2 aromatic carbocycles. The lowest BCUT2D eigenvalue weighted by molar-refractivity contribution is 0.139. The fraction of sp³-hybridized carbons (Fsp3) is 0.222. The second-order valence-electron chi connectivity index (χ2n) is 6.59. The summed E-state index contributed by atoms with van der Waals surface area (Å²) in [6.45, 7) is 1.02. The van der Waals surface area contributed by atoms with Crippen LogP contribution in [0.5, 0.6) is 0 Å². The average Bonchev–Trinajstić information content (AvgIpc) is 3.02. The highest BCUT2D eigenvalue weighted by atomic mass is 35.7. The number of fused-ring (bicyclic) bond motifs is 2. The Morgan fingerprint density at radius 3 is 2.82 bits per heavy atom. The van der Waals surface area contributed by atoms with Gasteiger partial charge in [-0.2, -0.15) is 5.10 Å². The van der Waals surface area contributed by atoms with Gasteiger partial charge in [-0.25, -0.2) is 17.6 Å². The predicted octanol–water partition coefficient (Wildman–Crippen LogP) is 3.19. The molecule has 1 aromatic heterocycles. The Labute approximate surface area is 164 Å². The first-order valence-corrected chi connectivity index (χ1v) is 10.7. The maximum Gasteiger partial charge on any atom is 0.407 e. The van der Waals surface area contributed by atoms with Gasteiger partial charge >= 0.3 is 6.09 Å². The van der Waals surface area contributed by atoms with Gasteiger partial charge in [0.2, 0.25) is 0 Å². The molecule has 0 bridgehead atoms. The quantitative estimate of drug-likeness (QED) is 0.653. The van der Waals surface area contributed by atoms with Crippen LogP contribution in [-0.4, -0.2) is 40.8 Å². The lowest BCUT2D eigenvalue weighted by Gasteiger charge is -2.28. The SMILES string of the molecule is O=C(O)N1CCc2cccc(Cn3ncc4cc(S(=O)(=O)Cl)c(F)cc43)c2C1. The van der Waals surface area contributed by atoms with E-state index < -0.39 is 25.9 Å². The molecule has 0 radical (unpaired) electrons. The van der Waals surface area contributed by atoms with E-state index in [4.69, 9.17) is 10.7 Å². The highest BCUT2D eigenvalue weighted by Gasteiger charge is 2.23. The molecule has 0 saturated carbocycles. The first kappa shape index (κ1) is 18.7. The number of nitrogens with zero attached hydrogens (tertiary/aromatic N) is 3. The predicted molar refractivity (Wildman–Crippen MR) is 100 cm³/mol. The summed E-state index contributed by atoms with van der Waals surface area (Å²) in [7, 11) is 1.07. The summed E-state index contributed by atoms with van der Waals surface area (Å²) in [6, 6.07) is 8.00. The summed E-state index contributed by atoms with van der Waals surface area (Å²) in [5, 5.41) is 14.0. The fourth-order valence-electron chi connectivity index (χ4n) is 3.52. The van der Waals surface area contributed by atoms with Crippen LogP contribution >= 0.6 is 10.7 Å². The number of halogens is 2. The van der Waals surface area contributed by atoms with E-state index in [-0.39, 0.29) is 6.54 Å². The standard InChI is InChI=1S/C18H15ClFN3O4S/c19-28(26,27)17-6-13-8-21-23(16(13)7-15(17)20)9-12-3-1-2-11-4-5-22(18(24)25)10-14(11)12/h1-3,6-8H,4-5,9-10H2,(H,24,25). The number of hydrogen-bond acceptors (Lipinski definition) is 4. The van der Waals surface area contributed by atoms with Gasteiger partial charge in [0.15, 0.2) is 0 Å². The number of aromatic nitrogens is 2. The zero-order valence-electron chi connectivity index (χ0n) is 14.5. The Kier molecular flexibility index (Phi) is 4.51. The van der Waals surface area contributed by atoms with E-state index in [1.165, 1.54) is 11.1 Å². The normalized spacial score (nSPS) is 14.3. The van der Waals surface area contributed by atoms with E-state index in [2.05, 4.69) is 5.10 Å². The average molecular weight is 424 g/mol. The monoisotopic (exact) mass is 423 g/mol. The molecule has 1 N–H and O–H groups in total. The van der Waals surface area contributed by atoms with Crippen molar-refractivity contribution in [1.82, 2.24) is 14.7 Å². The summed E-state index contributed by atoms with van der Waals surface area (Å²) in [5.74, 6) is -0.948. The lowest BCUT2D eigenvalue weighted by Crippen LogP contribution is -2.35. The Morgan fingerprint density at radius 1 is 1.32 bits per heavy atom. The molecule has 10 heteroatoms. The first-order valence-electron chi connectivity index (χ1n) is 8.41. The summed E-state index contributed by atoms with van der Waals surface area (Å²) in [6.07, 6.45) is 1.10. The minimum Gasteiger partial charge on any atom is -0.465 e. The molecule has 0 spiro atoms. The summed E-state index contributed by atoms with van der Waals surface area (Å²) in [4.78, 5) is 12.1. The van der Waals surface area contributed by atoms with Gasteiger partial charge in [-0.3, -0.25) is 4.68 Å². The van der Waals surface area contributed by atoms with E-state index in [1.807, 2.05) is 18.2 Å². The van der Waals surface area contributed by atoms with Gasteiger partial charge < -0.3 is 10.0 Å². The van der Waals surface area contributed by atoms with E-state index in [9.17, 15) is 22.7 Å². The van der Waals surface area contributed by atoms with E-state index in [0.29, 0.717) is 30.4 Å².